The molecular formula is C27H26ClF3N4O4S2. The number of benzene rings is 2. The molecule has 14 heteroatoms. The Morgan fingerprint density at radius 1 is 1.00 bits per heavy atom. The molecule has 1 aromatic heterocycles. The van der Waals surface area contributed by atoms with Gasteiger partial charge in [-0.15, -0.1) is 11.3 Å². The second kappa shape index (κ2) is 11.6. The third-order valence-corrected chi connectivity index (χ3v) is 10.8. The highest BCUT2D eigenvalue weighted by Crippen LogP contribution is 2.33. The first-order chi connectivity index (χ1) is 19.4. The molecule has 2 unspecified atom stereocenters. The molecular weight excluding hydrogens is 601 g/mol. The predicted molar refractivity (Wildman–Crippen MR) is 149 cm³/mol. The van der Waals surface area contributed by atoms with Crippen molar-refractivity contribution < 1.29 is 31.2 Å². The number of nitrogens with one attached hydrogen (secondary N) is 2. The molecule has 1 aliphatic carbocycles. The second-order valence-electron chi connectivity index (χ2n) is 9.79. The zero-order valence-electron chi connectivity index (χ0n) is 21.5. The Balaban J connectivity index is 1.37. The number of carbonyl (C=O) groups excluding carboxylic acids is 2. The van der Waals surface area contributed by atoms with Crippen LogP contribution in [0.2, 0.25) is 4.34 Å². The Bertz CT molecular complexity index is 1550. The van der Waals surface area contributed by atoms with E-state index in [0.29, 0.717) is 6.42 Å². The first-order valence-corrected chi connectivity index (χ1v) is 15.5. The molecule has 218 valence electrons. The average Bonchev–Trinajstić information content (AvgIpc) is 3.40. The predicted octanol–water partition coefficient (Wildman–Crippen LogP) is 5.52. The van der Waals surface area contributed by atoms with Crippen molar-refractivity contribution >= 4 is 50.6 Å². The van der Waals surface area contributed by atoms with Crippen LogP contribution in [-0.4, -0.2) is 55.2 Å². The number of urea groups is 1. The summed E-state index contributed by atoms with van der Waals surface area (Å²) < 4.78 is 67.2. The van der Waals surface area contributed by atoms with Crippen LogP contribution in [0.25, 0.3) is 0 Å². The Kier molecular flexibility index (Phi) is 8.33. The molecule has 5 rings (SSSR count). The van der Waals surface area contributed by atoms with Crippen molar-refractivity contribution in [2.75, 3.05) is 25.0 Å². The molecule has 41 heavy (non-hydrogen) atoms. The molecule has 0 bridgehead atoms. The lowest BCUT2D eigenvalue weighted by Gasteiger charge is -2.40. The summed E-state index contributed by atoms with van der Waals surface area (Å²) in [4.78, 5) is 28.1. The quantitative estimate of drug-likeness (QED) is 0.390. The largest absolute Gasteiger partial charge is 0.416 e. The minimum absolute atomic E-state index is 0.0223. The van der Waals surface area contributed by atoms with E-state index in [9.17, 15) is 31.2 Å². The average molecular weight is 627 g/mol. The van der Waals surface area contributed by atoms with Gasteiger partial charge in [-0.2, -0.15) is 17.5 Å². The number of hydrogen-bond acceptors (Lipinski definition) is 5. The molecule has 1 saturated heterocycles. The van der Waals surface area contributed by atoms with Crippen LogP contribution in [0.3, 0.4) is 0 Å². The van der Waals surface area contributed by atoms with E-state index in [2.05, 4.69) is 10.6 Å². The van der Waals surface area contributed by atoms with Crippen LogP contribution >= 0.6 is 22.9 Å². The number of sulfonamides is 1. The molecule has 2 aliphatic rings. The Morgan fingerprint density at radius 3 is 2.41 bits per heavy atom. The van der Waals surface area contributed by atoms with Crippen LogP contribution in [-0.2, 0) is 27.4 Å². The van der Waals surface area contributed by atoms with Gasteiger partial charge in [0.25, 0.3) is 10.0 Å². The summed E-state index contributed by atoms with van der Waals surface area (Å²) in [6, 6.07) is 12.3. The number of piperazine rings is 1. The number of fused-ring (bicyclic) bond motifs is 1. The van der Waals surface area contributed by atoms with Gasteiger partial charge in [0.2, 0.25) is 5.91 Å². The van der Waals surface area contributed by atoms with E-state index in [1.807, 2.05) is 24.3 Å². The van der Waals surface area contributed by atoms with Crippen molar-refractivity contribution in [2.24, 2.45) is 0 Å². The topological polar surface area (TPSA) is 98.8 Å². The zero-order valence-corrected chi connectivity index (χ0v) is 23.9. The van der Waals surface area contributed by atoms with E-state index in [1.165, 1.54) is 17.0 Å². The Morgan fingerprint density at radius 2 is 1.73 bits per heavy atom. The highest BCUT2D eigenvalue weighted by Gasteiger charge is 2.43. The molecule has 1 aliphatic heterocycles. The number of rotatable bonds is 5. The van der Waals surface area contributed by atoms with Gasteiger partial charge in [-0.25, -0.2) is 13.2 Å². The van der Waals surface area contributed by atoms with Crippen molar-refractivity contribution in [3.05, 3.63) is 81.7 Å². The van der Waals surface area contributed by atoms with E-state index in [4.69, 9.17) is 11.6 Å². The SMILES string of the molecule is O=C(NC1CCCc2ccccc21)C1CN(C(=O)Nc2ccc(C(F)(F)F)cc2)CCN1S(=O)(=O)c1ccc(Cl)s1. The van der Waals surface area contributed by atoms with Crippen LogP contribution in [0.4, 0.5) is 23.7 Å². The van der Waals surface area contributed by atoms with Gasteiger partial charge in [0.1, 0.15) is 10.3 Å². The van der Waals surface area contributed by atoms with E-state index >= 15 is 0 Å². The summed E-state index contributed by atoms with van der Waals surface area (Å²) in [6.45, 7) is -0.469. The molecule has 8 nitrogen and oxygen atoms in total. The Labute approximate surface area is 244 Å². The van der Waals surface area contributed by atoms with Crippen LogP contribution in [0.1, 0.15) is 35.6 Å². The fraction of sp³-hybridized carbons (Fsp3) is 0.333. The normalized spacial score (nSPS) is 19.9. The fourth-order valence-electron chi connectivity index (χ4n) is 5.12. The fourth-order valence-corrected chi connectivity index (χ4v) is 8.30. The molecule has 0 spiro atoms. The number of amides is 3. The molecule has 2 heterocycles. The monoisotopic (exact) mass is 626 g/mol. The van der Waals surface area contributed by atoms with Gasteiger partial charge >= 0.3 is 12.2 Å². The number of hydrogen-bond donors (Lipinski definition) is 2. The molecule has 2 atom stereocenters. The highest BCUT2D eigenvalue weighted by molar-refractivity contribution is 7.91. The number of carbonyl (C=O) groups is 2. The van der Waals surface area contributed by atoms with E-state index in [-0.39, 0.29) is 39.9 Å². The Hall–Kier alpha value is -3.13. The summed E-state index contributed by atoms with van der Waals surface area (Å²) in [6.07, 6.45) is -2.11. The standard InChI is InChI=1S/C27H26ClF3N4O4S2/c28-23-12-13-24(40-23)41(38,39)35-15-14-34(26(37)32-19-10-8-18(9-11-19)27(29,30)31)16-22(35)25(36)33-21-7-3-5-17-4-1-2-6-20(17)21/h1-2,4,6,8-13,21-22H,3,5,7,14-16H2,(H,32,37)(H,33,36). The van der Waals surface area contributed by atoms with Gasteiger partial charge in [-0.3, -0.25) is 4.79 Å². The second-order valence-corrected chi connectivity index (χ2v) is 13.6. The number of nitrogens with zero attached hydrogens (tertiary/aromatic N) is 2. The lowest BCUT2D eigenvalue weighted by atomic mass is 9.87. The number of alkyl halides is 3. The first-order valence-electron chi connectivity index (χ1n) is 12.8. The summed E-state index contributed by atoms with van der Waals surface area (Å²) in [7, 11) is -4.12. The maximum Gasteiger partial charge on any atom is 0.416 e. The molecule has 2 aromatic carbocycles. The van der Waals surface area contributed by atoms with Gasteiger partial charge in [0.15, 0.2) is 0 Å². The maximum atomic E-state index is 13.7. The van der Waals surface area contributed by atoms with E-state index < -0.39 is 39.7 Å². The molecule has 1 fully saturated rings. The van der Waals surface area contributed by atoms with E-state index in [1.54, 1.807) is 0 Å². The zero-order chi connectivity index (χ0) is 29.4. The van der Waals surface area contributed by atoms with Crippen molar-refractivity contribution in [3.63, 3.8) is 0 Å². The van der Waals surface area contributed by atoms with Crippen molar-refractivity contribution in [2.45, 2.75) is 41.7 Å². The first kappa shape index (κ1) is 29.4. The van der Waals surface area contributed by atoms with Crippen LogP contribution in [0.15, 0.2) is 64.9 Å². The molecule has 0 saturated carbocycles. The molecule has 2 N–H and O–H groups in total. The third-order valence-electron chi connectivity index (χ3n) is 7.18. The minimum Gasteiger partial charge on any atom is -0.348 e. The number of anilines is 1. The van der Waals surface area contributed by atoms with Crippen molar-refractivity contribution in [1.82, 2.24) is 14.5 Å². The number of thiophene rings is 1. The van der Waals surface area contributed by atoms with Gasteiger partial charge < -0.3 is 15.5 Å². The summed E-state index contributed by atoms with van der Waals surface area (Å²) in [5, 5.41) is 5.54. The minimum atomic E-state index is -4.52. The summed E-state index contributed by atoms with van der Waals surface area (Å²) in [5.41, 5.74) is 1.36. The van der Waals surface area contributed by atoms with Gasteiger partial charge in [-0.1, -0.05) is 35.9 Å². The summed E-state index contributed by atoms with van der Waals surface area (Å²) >= 11 is 6.86. The van der Waals surface area contributed by atoms with Crippen molar-refractivity contribution in [1.29, 1.82) is 0 Å². The summed E-state index contributed by atoms with van der Waals surface area (Å²) in [5.74, 6) is -0.551. The van der Waals surface area contributed by atoms with Gasteiger partial charge in [-0.05, 0) is 66.8 Å². The van der Waals surface area contributed by atoms with Crippen LogP contribution < -0.4 is 10.6 Å². The molecule has 0 radical (unpaired) electrons. The van der Waals surface area contributed by atoms with E-state index in [0.717, 1.165) is 63.9 Å². The maximum absolute atomic E-state index is 13.7. The third kappa shape index (κ3) is 6.37. The highest BCUT2D eigenvalue weighted by atomic mass is 35.5. The molecule has 3 aromatic rings. The van der Waals surface area contributed by atoms with Crippen LogP contribution in [0, 0.1) is 0 Å². The smallest absolute Gasteiger partial charge is 0.348 e. The number of aryl methyl sites for hydroxylation is 1. The van der Waals surface area contributed by atoms with Crippen molar-refractivity contribution in [3.8, 4) is 0 Å². The lowest BCUT2D eigenvalue weighted by Crippen LogP contribution is -2.62. The molecule has 3 amide bonds. The van der Waals surface area contributed by atoms with Gasteiger partial charge in [0.05, 0.1) is 15.9 Å². The lowest BCUT2D eigenvalue weighted by molar-refractivity contribution is -0.137. The van der Waals surface area contributed by atoms with Crippen LogP contribution in [0.5, 0.6) is 0 Å². The van der Waals surface area contributed by atoms with Gasteiger partial charge in [0, 0.05) is 25.3 Å². The number of halogens is 4.